The Balaban J connectivity index is 1.46. The van der Waals surface area contributed by atoms with Crippen molar-refractivity contribution in [3.05, 3.63) is 90.5 Å². The maximum atomic E-state index is 6.73. The number of rotatable bonds is 4. The van der Waals surface area contributed by atoms with E-state index in [4.69, 9.17) is 9.73 Å². The standard InChI is InChI=1S/C29H30NOP/c1-28(2)23-18-19-29(28,3)26-25(23)31-27(30-26)22-16-10-11-17-24(22)32(20-12-6-4-7-13-20)21-14-8-5-9-15-21/h4-17,23,25-26H,18-19H2,1-3H3/t23-,25-,26-,29-/m1/s1. The number of benzene rings is 3. The fourth-order valence-corrected chi connectivity index (χ4v) is 8.90. The van der Waals surface area contributed by atoms with E-state index in [0.29, 0.717) is 5.92 Å². The summed E-state index contributed by atoms with van der Waals surface area (Å²) in [6.45, 7) is 7.30. The van der Waals surface area contributed by atoms with Crippen LogP contribution in [0.1, 0.15) is 39.2 Å². The molecular formula is C29H30NOP. The van der Waals surface area contributed by atoms with Crippen molar-refractivity contribution in [1.29, 1.82) is 0 Å². The molecule has 2 fully saturated rings. The van der Waals surface area contributed by atoms with Gasteiger partial charge in [0.2, 0.25) is 5.90 Å². The van der Waals surface area contributed by atoms with E-state index >= 15 is 0 Å². The molecule has 1 heterocycles. The summed E-state index contributed by atoms with van der Waals surface area (Å²) in [5.74, 6) is 1.46. The molecule has 32 heavy (non-hydrogen) atoms. The number of hydrogen-bond donors (Lipinski definition) is 0. The molecule has 0 saturated heterocycles. The fourth-order valence-electron chi connectivity index (χ4n) is 6.46. The lowest BCUT2D eigenvalue weighted by atomic mass is 9.69. The molecule has 0 N–H and O–H groups in total. The van der Waals surface area contributed by atoms with Gasteiger partial charge in [-0.25, -0.2) is 4.99 Å². The lowest BCUT2D eigenvalue weighted by molar-refractivity contribution is 0.116. The van der Waals surface area contributed by atoms with Gasteiger partial charge in [0.15, 0.2) is 0 Å². The number of fused-ring (bicyclic) bond motifs is 5. The quantitative estimate of drug-likeness (QED) is 0.498. The van der Waals surface area contributed by atoms with E-state index in [1.807, 2.05) is 0 Å². The first-order valence-corrected chi connectivity index (χ1v) is 13.1. The molecule has 3 aromatic rings. The lowest BCUT2D eigenvalue weighted by Crippen LogP contribution is -2.36. The molecule has 0 aromatic heterocycles. The molecule has 3 aliphatic rings. The number of hydrogen-bond acceptors (Lipinski definition) is 2. The first-order chi connectivity index (χ1) is 15.5. The highest BCUT2D eigenvalue weighted by atomic mass is 31.1. The molecule has 2 nitrogen and oxygen atoms in total. The third-order valence-corrected chi connectivity index (χ3v) is 11.1. The maximum Gasteiger partial charge on any atom is 0.217 e. The first kappa shape index (κ1) is 20.2. The molecule has 2 bridgehead atoms. The normalized spacial score (nSPS) is 29.6. The van der Waals surface area contributed by atoms with Gasteiger partial charge in [-0.2, -0.15) is 0 Å². The summed E-state index contributed by atoms with van der Waals surface area (Å²) in [7, 11) is -0.697. The van der Waals surface area contributed by atoms with Crippen LogP contribution in [0, 0.1) is 16.7 Å². The second-order valence-corrected chi connectivity index (χ2v) is 12.5. The van der Waals surface area contributed by atoms with E-state index in [-0.39, 0.29) is 23.0 Å². The van der Waals surface area contributed by atoms with Crippen molar-refractivity contribution in [1.82, 2.24) is 0 Å². The molecule has 0 amide bonds. The highest BCUT2D eigenvalue weighted by Crippen LogP contribution is 2.68. The summed E-state index contributed by atoms with van der Waals surface area (Å²) in [4.78, 5) is 5.31. The molecule has 1 aliphatic heterocycles. The van der Waals surface area contributed by atoms with E-state index in [1.165, 1.54) is 34.3 Å². The van der Waals surface area contributed by atoms with Gasteiger partial charge in [0.25, 0.3) is 0 Å². The molecule has 0 radical (unpaired) electrons. The van der Waals surface area contributed by atoms with Crippen molar-refractivity contribution in [2.24, 2.45) is 21.7 Å². The topological polar surface area (TPSA) is 21.6 Å². The molecule has 0 spiro atoms. The zero-order valence-corrected chi connectivity index (χ0v) is 19.9. The van der Waals surface area contributed by atoms with Crippen molar-refractivity contribution in [3.63, 3.8) is 0 Å². The minimum Gasteiger partial charge on any atom is -0.472 e. The third kappa shape index (κ3) is 2.78. The van der Waals surface area contributed by atoms with Gasteiger partial charge in [-0.1, -0.05) is 99.6 Å². The molecule has 162 valence electrons. The van der Waals surface area contributed by atoms with E-state index in [1.54, 1.807) is 0 Å². The van der Waals surface area contributed by atoms with Gasteiger partial charge in [0.05, 0.1) is 6.04 Å². The second-order valence-electron chi connectivity index (χ2n) is 10.3. The second kappa shape index (κ2) is 7.29. The van der Waals surface area contributed by atoms with E-state index in [2.05, 4.69) is 106 Å². The van der Waals surface area contributed by atoms with Crippen LogP contribution in [0.5, 0.6) is 0 Å². The van der Waals surface area contributed by atoms with Crippen molar-refractivity contribution < 1.29 is 4.74 Å². The average Bonchev–Trinajstić information content (AvgIpc) is 3.40. The van der Waals surface area contributed by atoms with Crippen LogP contribution in [-0.2, 0) is 4.74 Å². The summed E-state index contributed by atoms with van der Waals surface area (Å²) in [6, 6.07) is 30.8. The Kier molecular flexibility index (Phi) is 4.60. The van der Waals surface area contributed by atoms with Crippen LogP contribution >= 0.6 is 7.92 Å². The molecule has 3 heteroatoms. The van der Waals surface area contributed by atoms with Gasteiger partial charge in [0, 0.05) is 11.5 Å². The van der Waals surface area contributed by atoms with Crippen LogP contribution in [-0.4, -0.2) is 18.0 Å². The van der Waals surface area contributed by atoms with Gasteiger partial charge in [-0.05, 0) is 53.6 Å². The van der Waals surface area contributed by atoms with Crippen LogP contribution in [0.25, 0.3) is 0 Å². The van der Waals surface area contributed by atoms with E-state index in [0.717, 1.165) is 5.90 Å². The predicted molar refractivity (Wildman–Crippen MR) is 135 cm³/mol. The van der Waals surface area contributed by atoms with Crippen LogP contribution in [0.3, 0.4) is 0 Å². The Morgan fingerprint density at radius 2 is 1.41 bits per heavy atom. The van der Waals surface area contributed by atoms with Crippen molar-refractivity contribution in [3.8, 4) is 0 Å². The first-order valence-electron chi connectivity index (χ1n) is 11.7. The van der Waals surface area contributed by atoms with Gasteiger partial charge in [-0.3, -0.25) is 0 Å². The number of nitrogens with zero attached hydrogens (tertiary/aromatic N) is 1. The summed E-state index contributed by atoms with van der Waals surface area (Å²) >= 11 is 0. The average molecular weight is 440 g/mol. The Labute approximate surface area is 192 Å². The molecule has 0 unspecified atom stereocenters. The minimum absolute atomic E-state index is 0.225. The van der Waals surface area contributed by atoms with Crippen LogP contribution in [0.15, 0.2) is 89.9 Å². The summed E-state index contributed by atoms with van der Waals surface area (Å²) < 4.78 is 6.73. The molecule has 6 rings (SSSR count). The SMILES string of the molecule is CC1(C)[C@@H]2CC[C@]1(C)[C@@H]1N=C(c3ccccc3P(c3ccccc3)c3ccccc3)O[C@H]21. The third-order valence-electron chi connectivity index (χ3n) is 8.64. The van der Waals surface area contributed by atoms with Gasteiger partial charge in [-0.15, -0.1) is 0 Å². The highest BCUT2D eigenvalue weighted by Gasteiger charge is 2.69. The Morgan fingerprint density at radius 3 is 2.03 bits per heavy atom. The molecule has 2 saturated carbocycles. The zero-order valence-electron chi connectivity index (χ0n) is 19.0. The molecular weight excluding hydrogens is 409 g/mol. The lowest BCUT2D eigenvalue weighted by Gasteiger charge is -2.36. The Morgan fingerprint density at radius 1 is 0.812 bits per heavy atom. The Hall–Kier alpha value is -2.44. The van der Waals surface area contributed by atoms with Crippen molar-refractivity contribution in [2.75, 3.05) is 0 Å². The Bertz CT molecular complexity index is 1130. The van der Waals surface area contributed by atoms with Crippen molar-refractivity contribution in [2.45, 2.75) is 45.8 Å². The molecule has 3 aromatic carbocycles. The fraction of sp³-hybridized carbons (Fsp3) is 0.345. The largest absolute Gasteiger partial charge is 0.472 e. The smallest absolute Gasteiger partial charge is 0.217 e. The van der Waals surface area contributed by atoms with E-state index in [9.17, 15) is 0 Å². The van der Waals surface area contributed by atoms with Crippen LogP contribution in [0.2, 0.25) is 0 Å². The summed E-state index contributed by atoms with van der Waals surface area (Å²) in [5, 5.41) is 4.04. The van der Waals surface area contributed by atoms with Gasteiger partial charge in [0.1, 0.15) is 6.10 Å². The number of aliphatic imine (C=N–C) groups is 1. The van der Waals surface area contributed by atoms with Crippen LogP contribution in [0.4, 0.5) is 0 Å². The zero-order chi connectivity index (χ0) is 21.9. The highest BCUT2D eigenvalue weighted by molar-refractivity contribution is 7.80. The number of ether oxygens (including phenoxy) is 1. The van der Waals surface area contributed by atoms with Gasteiger partial charge >= 0.3 is 0 Å². The molecule has 2 aliphatic carbocycles. The van der Waals surface area contributed by atoms with Crippen molar-refractivity contribution >= 4 is 29.7 Å². The summed E-state index contributed by atoms with van der Waals surface area (Å²) in [5.41, 5.74) is 1.68. The van der Waals surface area contributed by atoms with Gasteiger partial charge < -0.3 is 4.74 Å². The minimum atomic E-state index is -0.697. The maximum absolute atomic E-state index is 6.73. The molecule has 4 atom stereocenters. The monoisotopic (exact) mass is 439 g/mol. The predicted octanol–water partition coefficient (Wildman–Crippen LogP) is 5.41. The van der Waals surface area contributed by atoms with Crippen LogP contribution < -0.4 is 15.9 Å². The van der Waals surface area contributed by atoms with E-state index < -0.39 is 7.92 Å². The summed E-state index contributed by atoms with van der Waals surface area (Å²) in [6.07, 6.45) is 2.75.